The molecule has 0 N–H and O–H groups in total. The summed E-state index contributed by atoms with van der Waals surface area (Å²) in [4.78, 5) is 2.55. The van der Waals surface area contributed by atoms with Crippen LogP contribution in [0.2, 0.25) is 0 Å². The van der Waals surface area contributed by atoms with E-state index in [1.54, 1.807) is 0 Å². The highest BCUT2D eigenvalue weighted by molar-refractivity contribution is 5.30. The lowest BCUT2D eigenvalue weighted by atomic mass is 9.81. The van der Waals surface area contributed by atoms with Crippen molar-refractivity contribution in [2.75, 3.05) is 13.1 Å². The molecule has 0 radical (unpaired) electrons. The van der Waals surface area contributed by atoms with Gasteiger partial charge in [0.15, 0.2) is 0 Å². The topological polar surface area (TPSA) is 3.24 Å². The van der Waals surface area contributed by atoms with E-state index in [1.165, 1.54) is 11.1 Å². The van der Waals surface area contributed by atoms with Gasteiger partial charge in [0.05, 0.1) is 6.04 Å². The molecule has 96 valence electrons. The zero-order chi connectivity index (χ0) is 13.2. The van der Waals surface area contributed by atoms with E-state index >= 15 is 0 Å². The summed E-state index contributed by atoms with van der Waals surface area (Å²) in [5.41, 5.74) is 3.21. The quantitative estimate of drug-likeness (QED) is 0.714. The highest BCUT2D eigenvalue weighted by Crippen LogP contribution is 2.39. The van der Waals surface area contributed by atoms with E-state index in [0.29, 0.717) is 11.5 Å². The maximum Gasteiger partial charge on any atom is 0.0561 e. The molecular weight excluding hydrogens is 218 g/mol. The van der Waals surface area contributed by atoms with Gasteiger partial charge in [-0.2, -0.15) is 0 Å². The van der Waals surface area contributed by atoms with Gasteiger partial charge in [-0.15, -0.1) is 0 Å². The summed E-state index contributed by atoms with van der Waals surface area (Å²) < 4.78 is 0. The lowest BCUT2D eigenvalue weighted by molar-refractivity contribution is 0.00472. The Hall–Kier alpha value is -1.34. The van der Waals surface area contributed by atoms with Gasteiger partial charge in [-0.1, -0.05) is 68.5 Å². The van der Waals surface area contributed by atoms with Crippen molar-refractivity contribution in [2.24, 2.45) is 5.41 Å². The van der Waals surface area contributed by atoms with Gasteiger partial charge >= 0.3 is 0 Å². The number of allylic oxidation sites excluding steroid dienone is 2. The summed E-state index contributed by atoms with van der Waals surface area (Å²) in [6, 6.07) is 11.2. The molecule has 0 aromatic heterocycles. The first-order chi connectivity index (χ1) is 8.53. The van der Waals surface area contributed by atoms with Crippen molar-refractivity contribution in [1.82, 2.24) is 4.90 Å². The molecule has 1 aromatic rings. The first-order valence-corrected chi connectivity index (χ1v) is 6.62. The number of nitrogens with zero attached hydrogens (tertiary/aromatic N) is 1. The zero-order valence-corrected chi connectivity index (χ0v) is 11.7. The van der Waals surface area contributed by atoms with E-state index in [4.69, 9.17) is 0 Å². The lowest BCUT2D eigenvalue weighted by Crippen LogP contribution is -2.54. The van der Waals surface area contributed by atoms with Gasteiger partial charge in [-0.3, -0.25) is 4.90 Å². The fourth-order valence-electron chi connectivity index (χ4n) is 2.91. The second-order valence-electron chi connectivity index (χ2n) is 6.03. The summed E-state index contributed by atoms with van der Waals surface area (Å²) in [5, 5.41) is 0. The molecule has 0 spiro atoms. The van der Waals surface area contributed by atoms with Crippen LogP contribution in [0.4, 0.5) is 0 Å². The minimum absolute atomic E-state index is 0.400. The van der Waals surface area contributed by atoms with Crippen molar-refractivity contribution in [3.05, 3.63) is 60.2 Å². The van der Waals surface area contributed by atoms with E-state index in [2.05, 4.69) is 68.7 Å². The van der Waals surface area contributed by atoms with E-state index in [1.807, 2.05) is 6.08 Å². The molecule has 1 nitrogen and oxygen atoms in total. The minimum atomic E-state index is 0.400. The molecule has 1 atom stereocenters. The van der Waals surface area contributed by atoms with Crippen molar-refractivity contribution in [1.29, 1.82) is 0 Å². The number of rotatable bonds is 4. The van der Waals surface area contributed by atoms with E-state index in [-0.39, 0.29) is 0 Å². The summed E-state index contributed by atoms with van der Waals surface area (Å²) in [7, 11) is 0. The standard InChI is InChI=1S/C17H23N/c1-5-9-14(2)16(15-10-7-6-8-11-15)18-12-17(3,4)13-18/h5-11,16H,1,12-13H2,2-4H3. The molecule has 1 aliphatic rings. The summed E-state index contributed by atoms with van der Waals surface area (Å²) >= 11 is 0. The highest BCUT2D eigenvalue weighted by atomic mass is 15.2. The predicted octanol–water partition coefficient (Wildman–Crippen LogP) is 4.20. The van der Waals surface area contributed by atoms with Crippen LogP contribution in [0.25, 0.3) is 0 Å². The minimum Gasteiger partial charge on any atom is -0.291 e. The zero-order valence-electron chi connectivity index (χ0n) is 11.7. The first-order valence-electron chi connectivity index (χ1n) is 6.62. The average Bonchev–Trinajstić information content (AvgIpc) is 2.29. The molecule has 0 amide bonds. The summed E-state index contributed by atoms with van der Waals surface area (Å²) in [5.74, 6) is 0. The number of benzene rings is 1. The van der Waals surface area contributed by atoms with Crippen molar-refractivity contribution in [3.8, 4) is 0 Å². The Morgan fingerprint density at radius 1 is 1.28 bits per heavy atom. The van der Waals surface area contributed by atoms with Crippen molar-refractivity contribution in [3.63, 3.8) is 0 Å². The van der Waals surface area contributed by atoms with Crippen molar-refractivity contribution < 1.29 is 0 Å². The van der Waals surface area contributed by atoms with Crippen LogP contribution in [0, 0.1) is 5.41 Å². The maximum absolute atomic E-state index is 3.81. The average molecular weight is 241 g/mol. The molecule has 1 heteroatoms. The fourth-order valence-corrected chi connectivity index (χ4v) is 2.91. The second kappa shape index (κ2) is 5.11. The Morgan fingerprint density at radius 3 is 2.39 bits per heavy atom. The third kappa shape index (κ3) is 2.73. The van der Waals surface area contributed by atoms with Crippen LogP contribution in [-0.2, 0) is 0 Å². The van der Waals surface area contributed by atoms with Gasteiger partial charge < -0.3 is 0 Å². The van der Waals surface area contributed by atoms with Gasteiger partial charge in [-0.05, 0) is 17.9 Å². The Balaban J connectivity index is 2.25. The molecule has 2 rings (SSSR count). The molecule has 1 aromatic carbocycles. The Morgan fingerprint density at radius 2 is 1.89 bits per heavy atom. The molecule has 0 bridgehead atoms. The Bertz CT molecular complexity index is 434. The van der Waals surface area contributed by atoms with Crippen LogP contribution in [0.15, 0.2) is 54.6 Å². The third-order valence-electron chi connectivity index (χ3n) is 3.55. The maximum atomic E-state index is 3.81. The number of likely N-dealkylation sites (tertiary alicyclic amines) is 1. The van der Waals surface area contributed by atoms with Gasteiger partial charge in [0.1, 0.15) is 0 Å². The van der Waals surface area contributed by atoms with Gasteiger partial charge in [0.2, 0.25) is 0 Å². The normalized spacial score (nSPS) is 21.2. The van der Waals surface area contributed by atoms with E-state index < -0.39 is 0 Å². The summed E-state index contributed by atoms with van der Waals surface area (Å²) in [6.45, 7) is 13.0. The first kappa shape index (κ1) is 13.1. The highest BCUT2D eigenvalue weighted by Gasteiger charge is 2.38. The van der Waals surface area contributed by atoms with Crippen LogP contribution >= 0.6 is 0 Å². The predicted molar refractivity (Wildman–Crippen MR) is 78.5 cm³/mol. The van der Waals surface area contributed by atoms with Crippen LogP contribution < -0.4 is 0 Å². The van der Waals surface area contributed by atoms with Gasteiger partial charge in [-0.25, -0.2) is 0 Å². The van der Waals surface area contributed by atoms with Crippen molar-refractivity contribution in [2.45, 2.75) is 26.8 Å². The van der Waals surface area contributed by atoms with Crippen LogP contribution in [0.3, 0.4) is 0 Å². The molecule has 1 fully saturated rings. The van der Waals surface area contributed by atoms with E-state index in [9.17, 15) is 0 Å². The SMILES string of the molecule is C=CC=C(C)C(c1ccccc1)N1CC(C)(C)C1. The Labute approximate surface area is 111 Å². The molecule has 18 heavy (non-hydrogen) atoms. The largest absolute Gasteiger partial charge is 0.291 e. The molecule has 1 heterocycles. The number of hydrogen-bond donors (Lipinski definition) is 0. The van der Waals surface area contributed by atoms with Crippen LogP contribution in [-0.4, -0.2) is 18.0 Å². The molecule has 1 unspecified atom stereocenters. The summed E-state index contributed by atoms with van der Waals surface area (Å²) in [6.07, 6.45) is 4.01. The lowest BCUT2D eigenvalue weighted by Gasteiger charge is -2.50. The van der Waals surface area contributed by atoms with Gasteiger partial charge in [0, 0.05) is 13.1 Å². The monoisotopic (exact) mass is 241 g/mol. The fraction of sp³-hybridized carbons (Fsp3) is 0.412. The molecule has 0 aliphatic carbocycles. The molecular formula is C17H23N. The van der Waals surface area contributed by atoms with Crippen LogP contribution in [0.5, 0.6) is 0 Å². The Kier molecular flexibility index (Phi) is 3.72. The van der Waals surface area contributed by atoms with Gasteiger partial charge in [0.25, 0.3) is 0 Å². The second-order valence-corrected chi connectivity index (χ2v) is 6.03. The molecule has 1 saturated heterocycles. The third-order valence-corrected chi connectivity index (χ3v) is 3.55. The molecule has 0 saturated carbocycles. The molecule has 1 aliphatic heterocycles. The van der Waals surface area contributed by atoms with Crippen molar-refractivity contribution >= 4 is 0 Å². The van der Waals surface area contributed by atoms with E-state index in [0.717, 1.165) is 13.1 Å². The number of hydrogen-bond acceptors (Lipinski definition) is 1. The van der Waals surface area contributed by atoms with Crippen LogP contribution in [0.1, 0.15) is 32.4 Å². The smallest absolute Gasteiger partial charge is 0.0561 e.